The third-order valence-electron chi connectivity index (χ3n) is 3.81. The first-order chi connectivity index (χ1) is 9.28. The van der Waals surface area contributed by atoms with Crippen LogP contribution in [0.1, 0.15) is 48.5 Å². The van der Waals surface area contributed by atoms with Crippen LogP contribution in [0.3, 0.4) is 0 Å². The summed E-state index contributed by atoms with van der Waals surface area (Å²) in [4.78, 5) is 11.2. The minimum atomic E-state index is 0.442. The first-order valence-electron chi connectivity index (χ1n) is 6.81. The van der Waals surface area contributed by atoms with Gasteiger partial charge in [0, 0.05) is 25.0 Å². The summed E-state index contributed by atoms with van der Waals surface area (Å²) in [5, 5.41) is 8.76. The highest BCUT2D eigenvalue weighted by Gasteiger charge is 2.19. The minimum absolute atomic E-state index is 0.442. The van der Waals surface area contributed by atoms with Gasteiger partial charge in [-0.25, -0.2) is 0 Å². The van der Waals surface area contributed by atoms with Crippen molar-refractivity contribution in [3.05, 3.63) is 24.2 Å². The van der Waals surface area contributed by atoms with Crippen LogP contribution < -0.4 is 0 Å². The molecule has 2 aromatic heterocycles. The molecule has 0 aliphatic heterocycles. The number of aldehydes is 1. The van der Waals surface area contributed by atoms with E-state index in [0.717, 1.165) is 30.4 Å². The van der Waals surface area contributed by atoms with Crippen molar-refractivity contribution in [2.24, 2.45) is 7.05 Å². The fourth-order valence-electron chi connectivity index (χ4n) is 2.79. The van der Waals surface area contributed by atoms with Gasteiger partial charge in [-0.05, 0) is 12.8 Å². The van der Waals surface area contributed by atoms with Crippen LogP contribution in [0.25, 0.3) is 11.3 Å². The SMILES string of the molecule is Cn1cc(-c2nn(C3CCCCC3)cc2C=O)cn1. The molecule has 0 spiro atoms. The van der Waals surface area contributed by atoms with Crippen molar-refractivity contribution < 1.29 is 4.79 Å². The molecule has 3 rings (SSSR count). The molecule has 1 fully saturated rings. The summed E-state index contributed by atoms with van der Waals surface area (Å²) in [5.74, 6) is 0. The Kier molecular flexibility index (Phi) is 3.19. The Labute approximate surface area is 112 Å². The predicted octanol–water partition coefficient (Wildman–Crippen LogP) is 2.60. The number of nitrogens with zero attached hydrogens (tertiary/aromatic N) is 4. The van der Waals surface area contributed by atoms with E-state index in [1.807, 2.05) is 24.1 Å². The fraction of sp³-hybridized carbons (Fsp3) is 0.500. The Morgan fingerprint density at radius 2 is 2.05 bits per heavy atom. The molecule has 0 amide bonds. The summed E-state index contributed by atoms with van der Waals surface area (Å²) in [7, 11) is 1.86. The number of carbonyl (C=O) groups excluding carboxylic acids is 1. The molecule has 2 aromatic rings. The maximum atomic E-state index is 11.2. The van der Waals surface area contributed by atoms with Crippen LogP contribution in [-0.2, 0) is 7.05 Å². The number of hydrogen-bond donors (Lipinski definition) is 0. The van der Waals surface area contributed by atoms with Gasteiger partial charge in [-0.15, -0.1) is 0 Å². The molecule has 19 heavy (non-hydrogen) atoms. The molecule has 0 aromatic carbocycles. The summed E-state index contributed by atoms with van der Waals surface area (Å²) in [5.41, 5.74) is 2.30. The van der Waals surface area contributed by atoms with Crippen LogP contribution in [0, 0.1) is 0 Å². The molecule has 1 saturated carbocycles. The number of hydrogen-bond acceptors (Lipinski definition) is 3. The Morgan fingerprint density at radius 3 is 2.68 bits per heavy atom. The van der Waals surface area contributed by atoms with Crippen LogP contribution >= 0.6 is 0 Å². The minimum Gasteiger partial charge on any atom is -0.298 e. The van der Waals surface area contributed by atoms with Gasteiger partial charge in [0.25, 0.3) is 0 Å². The Balaban J connectivity index is 1.95. The molecule has 5 heteroatoms. The lowest BCUT2D eigenvalue weighted by Crippen LogP contribution is -2.13. The van der Waals surface area contributed by atoms with E-state index in [1.165, 1.54) is 19.3 Å². The van der Waals surface area contributed by atoms with Crippen LogP contribution in [0.4, 0.5) is 0 Å². The van der Waals surface area contributed by atoms with E-state index in [0.29, 0.717) is 11.6 Å². The second kappa shape index (κ2) is 4.99. The molecule has 0 N–H and O–H groups in total. The highest BCUT2D eigenvalue weighted by Crippen LogP contribution is 2.30. The zero-order chi connectivity index (χ0) is 13.2. The van der Waals surface area contributed by atoms with Gasteiger partial charge in [-0.1, -0.05) is 19.3 Å². The van der Waals surface area contributed by atoms with E-state index < -0.39 is 0 Å². The van der Waals surface area contributed by atoms with Crippen LogP contribution in [0.2, 0.25) is 0 Å². The second-order valence-corrected chi connectivity index (χ2v) is 5.23. The maximum absolute atomic E-state index is 11.2. The Hall–Kier alpha value is -1.91. The zero-order valence-corrected chi connectivity index (χ0v) is 11.1. The average molecular weight is 258 g/mol. The lowest BCUT2D eigenvalue weighted by Gasteiger charge is -2.21. The van der Waals surface area contributed by atoms with Crippen LogP contribution in [-0.4, -0.2) is 25.8 Å². The molecular weight excluding hydrogens is 240 g/mol. The quantitative estimate of drug-likeness (QED) is 0.795. The van der Waals surface area contributed by atoms with Gasteiger partial charge in [0.05, 0.1) is 17.8 Å². The lowest BCUT2D eigenvalue weighted by atomic mass is 9.96. The monoisotopic (exact) mass is 258 g/mol. The van der Waals surface area contributed by atoms with Gasteiger partial charge >= 0.3 is 0 Å². The van der Waals surface area contributed by atoms with Gasteiger partial charge in [-0.3, -0.25) is 14.2 Å². The van der Waals surface area contributed by atoms with Gasteiger partial charge in [-0.2, -0.15) is 10.2 Å². The molecule has 1 aliphatic rings. The first kappa shape index (κ1) is 12.1. The number of carbonyl (C=O) groups is 1. The fourth-order valence-corrected chi connectivity index (χ4v) is 2.79. The van der Waals surface area contributed by atoms with Crippen LogP contribution in [0.15, 0.2) is 18.6 Å². The second-order valence-electron chi connectivity index (χ2n) is 5.23. The Bertz CT molecular complexity index is 578. The molecule has 1 aliphatic carbocycles. The first-order valence-corrected chi connectivity index (χ1v) is 6.81. The Morgan fingerprint density at radius 1 is 1.26 bits per heavy atom. The van der Waals surface area contributed by atoms with Crippen molar-refractivity contribution in [2.45, 2.75) is 38.1 Å². The summed E-state index contributed by atoms with van der Waals surface area (Å²) < 4.78 is 3.70. The molecule has 2 heterocycles. The molecule has 100 valence electrons. The maximum Gasteiger partial charge on any atom is 0.153 e. The normalized spacial score (nSPS) is 16.7. The summed E-state index contributed by atoms with van der Waals surface area (Å²) >= 11 is 0. The van der Waals surface area contributed by atoms with Crippen molar-refractivity contribution >= 4 is 6.29 Å². The molecule has 0 bridgehead atoms. The van der Waals surface area contributed by atoms with Crippen LogP contribution in [0.5, 0.6) is 0 Å². The molecule has 0 radical (unpaired) electrons. The van der Waals surface area contributed by atoms with Gasteiger partial charge in [0.1, 0.15) is 5.69 Å². The number of aromatic nitrogens is 4. The van der Waals surface area contributed by atoms with E-state index in [-0.39, 0.29) is 0 Å². The lowest BCUT2D eigenvalue weighted by molar-refractivity contribution is 0.112. The summed E-state index contributed by atoms with van der Waals surface area (Å²) in [6.45, 7) is 0. The van der Waals surface area contributed by atoms with Crippen molar-refractivity contribution in [1.82, 2.24) is 19.6 Å². The van der Waals surface area contributed by atoms with Gasteiger partial charge in [0.2, 0.25) is 0 Å². The number of rotatable bonds is 3. The van der Waals surface area contributed by atoms with Gasteiger partial charge in [0.15, 0.2) is 6.29 Å². The predicted molar refractivity (Wildman–Crippen MR) is 71.9 cm³/mol. The molecule has 5 nitrogen and oxygen atoms in total. The third kappa shape index (κ3) is 2.32. The largest absolute Gasteiger partial charge is 0.298 e. The molecular formula is C14H18N4O. The van der Waals surface area contributed by atoms with E-state index in [1.54, 1.807) is 10.9 Å². The van der Waals surface area contributed by atoms with Crippen molar-refractivity contribution in [1.29, 1.82) is 0 Å². The van der Waals surface area contributed by atoms with E-state index in [2.05, 4.69) is 10.2 Å². The molecule has 0 atom stereocenters. The van der Waals surface area contributed by atoms with Crippen molar-refractivity contribution in [3.8, 4) is 11.3 Å². The van der Waals surface area contributed by atoms with Gasteiger partial charge < -0.3 is 0 Å². The average Bonchev–Trinajstić information content (AvgIpc) is 3.05. The van der Waals surface area contributed by atoms with Crippen molar-refractivity contribution in [2.75, 3.05) is 0 Å². The van der Waals surface area contributed by atoms with Crippen molar-refractivity contribution in [3.63, 3.8) is 0 Å². The standard InChI is InChI=1S/C14H18N4O/c1-17-8-11(7-15-17)14-12(10-19)9-18(16-14)13-5-3-2-4-6-13/h7-10,13H,2-6H2,1H3. The summed E-state index contributed by atoms with van der Waals surface area (Å²) in [6, 6.07) is 0.442. The van der Waals surface area contributed by atoms with E-state index in [9.17, 15) is 4.79 Å². The summed E-state index contributed by atoms with van der Waals surface area (Å²) in [6.07, 6.45) is 12.5. The molecule has 0 unspecified atom stereocenters. The van der Waals surface area contributed by atoms with E-state index >= 15 is 0 Å². The number of aryl methyl sites for hydroxylation is 1. The smallest absolute Gasteiger partial charge is 0.153 e. The van der Waals surface area contributed by atoms with E-state index in [4.69, 9.17) is 0 Å². The highest BCUT2D eigenvalue weighted by molar-refractivity contribution is 5.85. The highest BCUT2D eigenvalue weighted by atomic mass is 16.1. The molecule has 0 saturated heterocycles. The topological polar surface area (TPSA) is 52.7 Å². The third-order valence-corrected chi connectivity index (χ3v) is 3.81. The zero-order valence-electron chi connectivity index (χ0n) is 11.1.